The molecule has 4 heteroatoms. The molecule has 0 unspecified atom stereocenters. The summed E-state index contributed by atoms with van der Waals surface area (Å²) >= 11 is 5.13. The van der Waals surface area contributed by atoms with Gasteiger partial charge in [0.2, 0.25) is 5.91 Å². The van der Waals surface area contributed by atoms with Crippen molar-refractivity contribution in [2.45, 2.75) is 13.3 Å². The molecule has 0 saturated heterocycles. The molecule has 2 rings (SSSR count). The molecule has 2 N–H and O–H groups in total. The quantitative estimate of drug-likeness (QED) is 0.851. The van der Waals surface area contributed by atoms with Crippen molar-refractivity contribution >= 4 is 28.9 Å². The molecule has 0 aliphatic rings. The Hall–Kier alpha value is -2.20. The number of hydrogen-bond donors (Lipinski definition) is 2. The van der Waals surface area contributed by atoms with Crippen molar-refractivity contribution in [1.29, 1.82) is 0 Å². The van der Waals surface area contributed by atoms with Gasteiger partial charge in [-0.05, 0) is 42.4 Å². The first kappa shape index (κ1) is 14.2. The van der Waals surface area contributed by atoms with Crippen LogP contribution in [0.3, 0.4) is 0 Å². The minimum absolute atomic E-state index is 0.124. The minimum atomic E-state index is -0.124. The van der Waals surface area contributed by atoms with Crippen LogP contribution in [0.5, 0.6) is 0 Å². The molecular formula is C16H16N2OS. The van der Waals surface area contributed by atoms with Crippen molar-refractivity contribution in [1.82, 2.24) is 5.32 Å². The summed E-state index contributed by atoms with van der Waals surface area (Å²) in [5, 5.41) is 5.99. The Labute approximate surface area is 124 Å². The van der Waals surface area contributed by atoms with Crippen LogP contribution in [-0.2, 0) is 11.2 Å². The van der Waals surface area contributed by atoms with E-state index in [-0.39, 0.29) is 5.91 Å². The normalized spacial score (nSPS) is 9.85. The maximum atomic E-state index is 11.8. The lowest BCUT2D eigenvalue weighted by Gasteiger charge is -2.10. The van der Waals surface area contributed by atoms with E-state index in [2.05, 4.69) is 10.6 Å². The maximum absolute atomic E-state index is 11.8. The lowest BCUT2D eigenvalue weighted by atomic mass is 10.1. The minimum Gasteiger partial charge on any atom is -0.332 e. The van der Waals surface area contributed by atoms with E-state index in [0.717, 1.165) is 16.8 Å². The molecule has 2 aromatic carbocycles. The van der Waals surface area contributed by atoms with Gasteiger partial charge >= 0.3 is 0 Å². The highest BCUT2D eigenvalue weighted by molar-refractivity contribution is 7.80. The predicted molar refractivity (Wildman–Crippen MR) is 85.7 cm³/mol. The number of benzene rings is 2. The van der Waals surface area contributed by atoms with Crippen molar-refractivity contribution in [2.24, 2.45) is 0 Å². The monoisotopic (exact) mass is 284 g/mol. The second kappa shape index (κ2) is 6.82. The van der Waals surface area contributed by atoms with Crippen LogP contribution in [0.1, 0.15) is 11.1 Å². The van der Waals surface area contributed by atoms with Crippen molar-refractivity contribution in [2.75, 3.05) is 5.32 Å². The third-order valence-electron chi connectivity index (χ3n) is 2.74. The Morgan fingerprint density at radius 3 is 2.55 bits per heavy atom. The highest BCUT2D eigenvalue weighted by atomic mass is 32.1. The standard InChI is InChI=1S/C16H16N2OS/c1-12-6-5-9-14(10-12)17-16(20)18-15(19)11-13-7-3-2-4-8-13/h2-10H,11H2,1H3,(H2,17,18,19,20). The number of carbonyl (C=O) groups is 1. The maximum Gasteiger partial charge on any atom is 0.230 e. The summed E-state index contributed by atoms with van der Waals surface area (Å²) in [5.41, 5.74) is 2.96. The number of rotatable bonds is 3. The molecule has 0 fully saturated rings. The Kier molecular flexibility index (Phi) is 4.85. The summed E-state index contributed by atoms with van der Waals surface area (Å²) in [6.45, 7) is 2.00. The molecule has 0 radical (unpaired) electrons. The van der Waals surface area contributed by atoms with E-state index in [1.807, 2.05) is 61.5 Å². The zero-order valence-electron chi connectivity index (χ0n) is 11.2. The van der Waals surface area contributed by atoms with Gasteiger partial charge in [0.15, 0.2) is 5.11 Å². The third kappa shape index (κ3) is 4.48. The molecular weight excluding hydrogens is 268 g/mol. The number of thiocarbonyl (C=S) groups is 1. The van der Waals surface area contributed by atoms with Crippen LogP contribution in [0.15, 0.2) is 54.6 Å². The van der Waals surface area contributed by atoms with Crippen molar-refractivity contribution in [3.05, 3.63) is 65.7 Å². The summed E-state index contributed by atoms with van der Waals surface area (Å²) in [5.74, 6) is -0.124. The van der Waals surface area contributed by atoms with Crippen LogP contribution in [0.2, 0.25) is 0 Å². The van der Waals surface area contributed by atoms with E-state index in [1.165, 1.54) is 0 Å². The molecule has 2 aromatic rings. The summed E-state index contributed by atoms with van der Waals surface area (Å²) in [6.07, 6.45) is 0.316. The molecule has 0 aromatic heterocycles. The molecule has 0 bridgehead atoms. The second-order valence-corrected chi connectivity index (χ2v) is 4.94. The van der Waals surface area contributed by atoms with E-state index >= 15 is 0 Å². The van der Waals surface area contributed by atoms with Gasteiger partial charge in [-0.15, -0.1) is 0 Å². The fraction of sp³-hybridized carbons (Fsp3) is 0.125. The van der Waals surface area contributed by atoms with Crippen LogP contribution < -0.4 is 10.6 Å². The van der Waals surface area contributed by atoms with Crippen LogP contribution >= 0.6 is 12.2 Å². The van der Waals surface area contributed by atoms with Crippen LogP contribution in [0, 0.1) is 6.92 Å². The van der Waals surface area contributed by atoms with Crippen LogP contribution in [0.4, 0.5) is 5.69 Å². The number of anilines is 1. The molecule has 0 aliphatic carbocycles. The highest BCUT2D eigenvalue weighted by Crippen LogP contribution is 2.09. The first-order valence-electron chi connectivity index (χ1n) is 6.35. The van der Waals surface area contributed by atoms with Gasteiger partial charge in [-0.1, -0.05) is 42.5 Å². The van der Waals surface area contributed by atoms with Crippen molar-refractivity contribution in [3.63, 3.8) is 0 Å². The average Bonchev–Trinajstić information content (AvgIpc) is 2.39. The zero-order valence-corrected chi connectivity index (χ0v) is 12.0. The SMILES string of the molecule is Cc1cccc(NC(=S)NC(=O)Cc2ccccc2)c1. The zero-order chi connectivity index (χ0) is 14.4. The van der Waals surface area contributed by atoms with Gasteiger partial charge in [-0.25, -0.2) is 0 Å². The molecule has 0 spiro atoms. The number of hydrogen-bond acceptors (Lipinski definition) is 2. The average molecular weight is 284 g/mol. The Morgan fingerprint density at radius 2 is 1.85 bits per heavy atom. The first-order valence-corrected chi connectivity index (χ1v) is 6.76. The topological polar surface area (TPSA) is 41.1 Å². The first-order chi connectivity index (χ1) is 9.63. The van der Waals surface area contributed by atoms with Gasteiger partial charge in [0.05, 0.1) is 6.42 Å². The van der Waals surface area contributed by atoms with Crippen LogP contribution in [0.25, 0.3) is 0 Å². The molecule has 0 saturated carbocycles. The summed E-state index contributed by atoms with van der Waals surface area (Å²) < 4.78 is 0. The number of aryl methyl sites for hydroxylation is 1. The van der Waals surface area contributed by atoms with E-state index < -0.39 is 0 Å². The van der Waals surface area contributed by atoms with E-state index in [9.17, 15) is 4.79 Å². The van der Waals surface area contributed by atoms with Crippen LogP contribution in [-0.4, -0.2) is 11.0 Å². The molecule has 1 amide bonds. The number of carbonyl (C=O) groups excluding carboxylic acids is 1. The Morgan fingerprint density at radius 1 is 1.10 bits per heavy atom. The summed E-state index contributed by atoms with van der Waals surface area (Å²) in [4.78, 5) is 11.8. The molecule has 0 aliphatic heterocycles. The smallest absolute Gasteiger partial charge is 0.230 e. The molecule has 0 atom stereocenters. The third-order valence-corrected chi connectivity index (χ3v) is 2.94. The predicted octanol–water partition coefficient (Wildman–Crippen LogP) is 3.05. The van der Waals surface area contributed by atoms with E-state index in [1.54, 1.807) is 0 Å². The molecule has 102 valence electrons. The van der Waals surface area contributed by atoms with Crippen molar-refractivity contribution in [3.8, 4) is 0 Å². The second-order valence-electron chi connectivity index (χ2n) is 4.53. The van der Waals surface area contributed by atoms with Gasteiger partial charge < -0.3 is 10.6 Å². The number of amides is 1. The fourth-order valence-corrected chi connectivity index (χ4v) is 2.07. The van der Waals surface area contributed by atoms with Gasteiger partial charge in [-0.2, -0.15) is 0 Å². The van der Waals surface area contributed by atoms with E-state index in [4.69, 9.17) is 12.2 Å². The fourth-order valence-electron chi connectivity index (χ4n) is 1.84. The Balaban J connectivity index is 1.87. The van der Waals surface area contributed by atoms with Gasteiger partial charge in [0, 0.05) is 5.69 Å². The van der Waals surface area contributed by atoms with E-state index in [0.29, 0.717) is 11.5 Å². The summed E-state index contributed by atoms with van der Waals surface area (Å²) in [6, 6.07) is 17.4. The van der Waals surface area contributed by atoms with Gasteiger partial charge in [0.1, 0.15) is 0 Å². The number of nitrogens with one attached hydrogen (secondary N) is 2. The molecule has 0 heterocycles. The van der Waals surface area contributed by atoms with Gasteiger partial charge in [-0.3, -0.25) is 4.79 Å². The lowest BCUT2D eigenvalue weighted by molar-refractivity contribution is -0.119. The lowest BCUT2D eigenvalue weighted by Crippen LogP contribution is -2.35. The summed E-state index contributed by atoms with van der Waals surface area (Å²) in [7, 11) is 0. The Bertz CT molecular complexity index is 611. The van der Waals surface area contributed by atoms with Crippen molar-refractivity contribution < 1.29 is 4.79 Å². The largest absolute Gasteiger partial charge is 0.332 e. The highest BCUT2D eigenvalue weighted by Gasteiger charge is 2.05. The molecule has 20 heavy (non-hydrogen) atoms. The van der Waals surface area contributed by atoms with Gasteiger partial charge in [0.25, 0.3) is 0 Å². The molecule has 3 nitrogen and oxygen atoms in total.